The number of anilines is 2. The van der Waals surface area contributed by atoms with Gasteiger partial charge in [0.25, 0.3) is 0 Å². The number of hydrogen-bond acceptors (Lipinski definition) is 3. The zero-order chi connectivity index (χ0) is 21.6. The molecule has 28 heavy (non-hydrogen) atoms. The third-order valence-electron chi connectivity index (χ3n) is 4.71. The quantitative estimate of drug-likeness (QED) is 0.723. The summed E-state index contributed by atoms with van der Waals surface area (Å²) < 4.78 is 0. The molecule has 0 heterocycles. The molecule has 0 fully saturated rings. The molecular weight excluding hydrogens is 352 g/mol. The zero-order valence-electron chi connectivity index (χ0n) is 19.0. The topological polar surface area (TPSA) is 64.7 Å². The molecule has 0 spiro atoms. The molecule has 0 aliphatic rings. The van der Waals surface area contributed by atoms with E-state index in [0.717, 1.165) is 16.9 Å². The normalized spacial score (nSPS) is 12.5. The van der Waals surface area contributed by atoms with Gasteiger partial charge in [-0.1, -0.05) is 20.8 Å². The molecule has 0 aromatic heterocycles. The highest BCUT2D eigenvalue weighted by Crippen LogP contribution is 2.26. The van der Waals surface area contributed by atoms with E-state index in [4.69, 9.17) is 0 Å². The molecule has 6 heteroatoms. The summed E-state index contributed by atoms with van der Waals surface area (Å²) in [6.45, 7) is 14.5. The molecule has 0 unspecified atom stereocenters. The number of nitrogens with zero attached hydrogens (tertiary/aromatic N) is 2. The predicted octanol–water partition coefficient (Wildman–Crippen LogP) is 4.46. The SMILES string of the molecule is CCC(=O)Nc1ccc(N(C)C)c(CN(C(=O)NC(C)(C)C)[C@H](C)C(C)C)c1. The van der Waals surface area contributed by atoms with Crippen LogP contribution >= 0.6 is 0 Å². The van der Waals surface area contributed by atoms with Crippen LogP contribution in [-0.4, -0.2) is 42.5 Å². The maximum absolute atomic E-state index is 13.0. The van der Waals surface area contributed by atoms with E-state index >= 15 is 0 Å². The molecule has 3 amide bonds. The monoisotopic (exact) mass is 390 g/mol. The van der Waals surface area contributed by atoms with Gasteiger partial charge in [-0.25, -0.2) is 4.79 Å². The first-order chi connectivity index (χ1) is 12.9. The molecule has 0 aliphatic heterocycles. The van der Waals surface area contributed by atoms with Crippen LogP contribution in [0, 0.1) is 5.92 Å². The van der Waals surface area contributed by atoms with Crippen molar-refractivity contribution < 1.29 is 9.59 Å². The van der Waals surface area contributed by atoms with Crippen LogP contribution in [0.3, 0.4) is 0 Å². The first-order valence-corrected chi connectivity index (χ1v) is 10.0. The maximum Gasteiger partial charge on any atom is 0.318 e. The van der Waals surface area contributed by atoms with Crippen molar-refractivity contribution in [1.29, 1.82) is 0 Å². The number of carbonyl (C=O) groups is 2. The van der Waals surface area contributed by atoms with Crippen molar-refractivity contribution in [3.8, 4) is 0 Å². The van der Waals surface area contributed by atoms with Crippen molar-refractivity contribution in [3.63, 3.8) is 0 Å². The molecule has 2 N–H and O–H groups in total. The van der Waals surface area contributed by atoms with Gasteiger partial charge in [0.1, 0.15) is 0 Å². The van der Waals surface area contributed by atoms with Gasteiger partial charge >= 0.3 is 6.03 Å². The molecular formula is C22H38N4O2. The number of rotatable bonds is 7. The van der Waals surface area contributed by atoms with E-state index < -0.39 is 0 Å². The lowest BCUT2D eigenvalue weighted by atomic mass is 10.0. The number of urea groups is 1. The second-order valence-electron chi connectivity index (χ2n) is 8.93. The molecule has 0 bridgehead atoms. The van der Waals surface area contributed by atoms with Crippen LogP contribution in [0.15, 0.2) is 18.2 Å². The van der Waals surface area contributed by atoms with Gasteiger partial charge in [-0.15, -0.1) is 0 Å². The summed E-state index contributed by atoms with van der Waals surface area (Å²) in [5, 5.41) is 6.00. The molecule has 6 nitrogen and oxygen atoms in total. The second kappa shape index (κ2) is 9.80. The summed E-state index contributed by atoms with van der Waals surface area (Å²) in [5.74, 6) is 0.290. The van der Waals surface area contributed by atoms with Crippen molar-refractivity contribution in [2.75, 3.05) is 24.3 Å². The van der Waals surface area contributed by atoms with Crippen molar-refractivity contribution in [2.24, 2.45) is 5.92 Å². The van der Waals surface area contributed by atoms with Gasteiger partial charge in [0.2, 0.25) is 5.91 Å². The minimum Gasteiger partial charge on any atom is -0.377 e. The zero-order valence-corrected chi connectivity index (χ0v) is 19.0. The molecule has 158 valence electrons. The Morgan fingerprint density at radius 2 is 1.71 bits per heavy atom. The summed E-state index contributed by atoms with van der Waals surface area (Å²) in [6, 6.07) is 5.83. The van der Waals surface area contributed by atoms with Crippen LogP contribution in [0.1, 0.15) is 60.5 Å². The fraction of sp³-hybridized carbons (Fsp3) is 0.636. The van der Waals surface area contributed by atoms with Crippen LogP contribution in [0.4, 0.5) is 16.2 Å². The Kier molecular flexibility index (Phi) is 8.33. The highest BCUT2D eigenvalue weighted by molar-refractivity contribution is 5.91. The third kappa shape index (κ3) is 7.06. The van der Waals surface area contributed by atoms with Crippen LogP contribution in [0.5, 0.6) is 0 Å². The molecule has 1 atom stereocenters. The van der Waals surface area contributed by atoms with Crippen molar-refractivity contribution in [3.05, 3.63) is 23.8 Å². The van der Waals surface area contributed by atoms with E-state index in [1.807, 2.05) is 69.8 Å². The van der Waals surface area contributed by atoms with Gasteiger partial charge in [-0.05, 0) is 57.4 Å². The van der Waals surface area contributed by atoms with Crippen LogP contribution in [0.2, 0.25) is 0 Å². The Hall–Kier alpha value is -2.24. The van der Waals surface area contributed by atoms with E-state index in [0.29, 0.717) is 18.9 Å². The Bertz CT molecular complexity index is 678. The summed E-state index contributed by atoms with van der Waals surface area (Å²) >= 11 is 0. The average Bonchev–Trinajstić information content (AvgIpc) is 2.57. The van der Waals surface area contributed by atoms with Gasteiger partial charge in [-0.3, -0.25) is 4.79 Å². The minimum atomic E-state index is -0.312. The van der Waals surface area contributed by atoms with Crippen molar-refractivity contribution in [2.45, 2.75) is 73.0 Å². The molecule has 0 saturated heterocycles. The Labute approximate surface area is 170 Å². The number of benzene rings is 1. The highest BCUT2D eigenvalue weighted by Gasteiger charge is 2.27. The van der Waals surface area contributed by atoms with Crippen molar-refractivity contribution in [1.82, 2.24) is 10.2 Å². The van der Waals surface area contributed by atoms with E-state index in [9.17, 15) is 9.59 Å². The summed E-state index contributed by atoms with van der Waals surface area (Å²) in [5.41, 5.74) is 2.46. The molecule has 1 aromatic carbocycles. The fourth-order valence-electron chi connectivity index (χ4n) is 2.81. The van der Waals surface area contributed by atoms with Crippen LogP contribution in [0.25, 0.3) is 0 Å². The van der Waals surface area contributed by atoms with Gasteiger partial charge in [0, 0.05) is 50.0 Å². The summed E-state index contributed by atoms with van der Waals surface area (Å²) in [6.07, 6.45) is 0.426. The molecule has 1 rings (SSSR count). The number of carbonyl (C=O) groups excluding carboxylic acids is 2. The predicted molar refractivity (Wildman–Crippen MR) is 118 cm³/mol. The smallest absolute Gasteiger partial charge is 0.318 e. The first-order valence-electron chi connectivity index (χ1n) is 10.0. The van der Waals surface area contributed by atoms with Gasteiger partial charge < -0.3 is 20.4 Å². The Morgan fingerprint density at radius 3 is 2.18 bits per heavy atom. The number of amides is 3. The average molecular weight is 391 g/mol. The second-order valence-corrected chi connectivity index (χ2v) is 8.93. The lowest BCUT2D eigenvalue weighted by Gasteiger charge is -2.35. The largest absolute Gasteiger partial charge is 0.377 e. The van der Waals surface area contributed by atoms with E-state index in [1.54, 1.807) is 0 Å². The lowest BCUT2D eigenvalue weighted by molar-refractivity contribution is -0.115. The molecule has 0 saturated carbocycles. The lowest BCUT2D eigenvalue weighted by Crippen LogP contribution is -2.52. The summed E-state index contributed by atoms with van der Waals surface area (Å²) in [7, 11) is 3.96. The van der Waals surface area contributed by atoms with E-state index in [1.165, 1.54) is 0 Å². The van der Waals surface area contributed by atoms with E-state index in [-0.39, 0.29) is 23.5 Å². The van der Waals surface area contributed by atoms with Gasteiger partial charge in [0.15, 0.2) is 0 Å². The van der Waals surface area contributed by atoms with E-state index in [2.05, 4.69) is 31.4 Å². The standard InChI is InChI=1S/C22H38N4O2/c1-10-20(27)23-18-11-12-19(25(8)9)17(13-18)14-26(16(4)15(2)3)21(28)24-22(5,6)7/h11-13,15-16H,10,14H2,1-9H3,(H,23,27)(H,24,28)/t16-/m1/s1. The van der Waals surface area contributed by atoms with Crippen molar-refractivity contribution >= 4 is 23.3 Å². The molecule has 1 aromatic rings. The van der Waals surface area contributed by atoms with Crippen LogP contribution in [-0.2, 0) is 11.3 Å². The van der Waals surface area contributed by atoms with Crippen LogP contribution < -0.4 is 15.5 Å². The highest BCUT2D eigenvalue weighted by atomic mass is 16.2. The first kappa shape index (κ1) is 23.8. The Morgan fingerprint density at radius 1 is 1.11 bits per heavy atom. The fourth-order valence-corrected chi connectivity index (χ4v) is 2.81. The van der Waals surface area contributed by atoms with Gasteiger partial charge in [-0.2, -0.15) is 0 Å². The minimum absolute atomic E-state index is 0.0265. The third-order valence-corrected chi connectivity index (χ3v) is 4.71. The molecule has 0 radical (unpaired) electrons. The maximum atomic E-state index is 13.0. The number of nitrogens with one attached hydrogen (secondary N) is 2. The number of hydrogen-bond donors (Lipinski definition) is 2. The Balaban J connectivity index is 3.28. The van der Waals surface area contributed by atoms with Gasteiger partial charge in [0.05, 0.1) is 0 Å². The molecule has 0 aliphatic carbocycles. The summed E-state index contributed by atoms with van der Waals surface area (Å²) in [4.78, 5) is 28.7.